The monoisotopic (exact) mass is 384 g/mol. The molecule has 0 N–H and O–H groups in total. The van der Waals surface area contributed by atoms with Gasteiger partial charge in [-0.05, 0) is 40.8 Å². The first-order chi connectivity index (χ1) is 13.4. The smallest absolute Gasteiger partial charge is 0.292 e. The van der Waals surface area contributed by atoms with Gasteiger partial charge in [0.05, 0.1) is 18.4 Å². The van der Waals surface area contributed by atoms with Gasteiger partial charge in [-0.3, -0.25) is 4.79 Å². The first-order valence-electron chi connectivity index (χ1n) is 9.87. The van der Waals surface area contributed by atoms with Crippen LogP contribution in [0.25, 0.3) is 0 Å². The molecule has 2 aromatic rings. The third kappa shape index (κ3) is 3.46. The van der Waals surface area contributed by atoms with Crippen molar-refractivity contribution in [1.29, 1.82) is 0 Å². The zero-order valence-corrected chi connectivity index (χ0v) is 17.1. The van der Waals surface area contributed by atoms with Crippen LogP contribution >= 0.6 is 0 Å². The lowest BCUT2D eigenvalue weighted by Crippen LogP contribution is -2.34. The maximum absolute atomic E-state index is 13.2. The minimum absolute atomic E-state index is 0.123. The number of carbonyl (C=O) groups excluding carboxylic acids is 1. The van der Waals surface area contributed by atoms with E-state index in [1.54, 1.807) is 6.20 Å². The maximum Gasteiger partial charge on any atom is 0.292 e. The van der Waals surface area contributed by atoms with Gasteiger partial charge in [-0.2, -0.15) is 0 Å². The third-order valence-corrected chi connectivity index (χ3v) is 5.88. The van der Waals surface area contributed by atoms with Crippen LogP contribution < -0.4 is 4.90 Å². The molecule has 2 aromatic heterocycles. The van der Waals surface area contributed by atoms with Crippen LogP contribution in [0.2, 0.25) is 0 Å². The molecule has 0 radical (unpaired) electrons. The molecule has 1 fully saturated rings. The number of anilines is 1. The quantitative estimate of drug-likeness (QED) is 0.776. The van der Waals surface area contributed by atoms with E-state index in [9.17, 15) is 4.79 Å². The number of hydrogen-bond donors (Lipinski definition) is 0. The van der Waals surface area contributed by atoms with Crippen LogP contribution in [0.3, 0.4) is 0 Å². The predicted molar refractivity (Wildman–Crippen MR) is 105 cm³/mol. The van der Waals surface area contributed by atoms with Crippen molar-refractivity contribution in [3.8, 4) is 0 Å². The van der Waals surface area contributed by atoms with E-state index >= 15 is 0 Å². The number of carbonyl (C=O) groups is 1. The highest BCUT2D eigenvalue weighted by molar-refractivity contribution is 5.91. The molecular formula is C19H28N8O. The first-order valence-corrected chi connectivity index (χ1v) is 9.87. The molecule has 9 heteroatoms. The molecule has 4 rings (SSSR count). The van der Waals surface area contributed by atoms with Gasteiger partial charge in [0.25, 0.3) is 5.91 Å². The summed E-state index contributed by atoms with van der Waals surface area (Å²) in [6, 6.07) is 0.507. The van der Waals surface area contributed by atoms with E-state index in [-0.39, 0.29) is 11.7 Å². The van der Waals surface area contributed by atoms with Crippen LogP contribution in [0.5, 0.6) is 0 Å². The Kier molecular flexibility index (Phi) is 5.01. The first kappa shape index (κ1) is 18.8. The molecular weight excluding hydrogens is 356 g/mol. The lowest BCUT2D eigenvalue weighted by molar-refractivity contribution is 0.0733. The van der Waals surface area contributed by atoms with Crippen molar-refractivity contribution in [2.75, 3.05) is 38.6 Å². The topological polar surface area (TPSA) is 83.3 Å². The number of nitrogens with zero attached hydrogens (tertiary/aromatic N) is 8. The van der Waals surface area contributed by atoms with Crippen molar-refractivity contribution in [1.82, 2.24) is 34.8 Å². The summed E-state index contributed by atoms with van der Waals surface area (Å²) in [4.78, 5) is 28.8. The van der Waals surface area contributed by atoms with Gasteiger partial charge in [-0.1, -0.05) is 5.21 Å². The molecule has 1 saturated heterocycles. The van der Waals surface area contributed by atoms with Crippen molar-refractivity contribution in [3.63, 3.8) is 0 Å². The van der Waals surface area contributed by atoms with Crippen molar-refractivity contribution >= 4 is 11.7 Å². The molecule has 1 atom stereocenters. The highest BCUT2D eigenvalue weighted by atomic mass is 16.2. The molecule has 0 bridgehead atoms. The Hall–Kier alpha value is -2.55. The summed E-state index contributed by atoms with van der Waals surface area (Å²) < 4.78 is 1.87. The van der Waals surface area contributed by atoms with Gasteiger partial charge in [0.15, 0.2) is 0 Å². The molecule has 2 aliphatic rings. The van der Waals surface area contributed by atoms with E-state index in [0.717, 1.165) is 55.2 Å². The lowest BCUT2D eigenvalue weighted by Gasteiger charge is -2.24. The van der Waals surface area contributed by atoms with Crippen LogP contribution in [0, 0.1) is 13.8 Å². The number of rotatable bonds is 3. The lowest BCUT2D eigenvalue weighted by atomic mass is 10.2. The largest absolute Gasteiger partial charge is 0.355 e. The average Bonchev–Trinajstić information content (AvgIpc) is 3.29. The molecule has 9 nitrogen and oxygen atoms in total. The minimum Gasteiger partial charge on any atom is -0.355 e. The SMILES string of the molecule is Cc1nc(C(=O)N2CCCn3nncc3C2)nc(N2CC[C@@H](N(C)C)C2)c1C. The Bertz CT molecular complexity index is 877. The molecule has 4 heterocycles. The van der Waals surface area contributed by atoms with E-state index in [1.165, 1.54) is 0 Å². The molecule has 0 aromatic carbocycles. The summed E-state index contributed by atoms with van der Waals surface area (Å²) in [6.45, 7) is 7.80. The van der Waals surface area contributed by atoms with Gasteiger partial charge in [-0.15, -0.1) is 5.10 Å². The summed E-state index contributed by atoms with van der Waals surface area (Å²) in [7, 11) is 4.22. The normalized spacial score (nSPS) is 19.8. The van der Waals surface area contributed by atoms with Crippen molar-refractivity contribution in [3.05, 3.63) is 29.0 Å². The van der Waals surface area contributed by atoms with E-state index in [4.69, 9.17) is 4.98 Å². The maximum atomic E-state index is 13.2. The van der Waals surface area contributed by atoms with Gasteiger partial charge in [0.1, 0.15) is 5.82 Å². The van der Waals surface area contributed by atoms with Crippen LogP contribution in [0.1, 0.15) is 40.4 Å². The molecule has 1 amide bonds. The molecule has 0 aliphatic carbocycles. The number of amides is 1. The van der Waals surface area contributed by atoms with E-state index in [1.807, 2.05) is 23.4 Å². The van der Waals surface area contributed by atoms with Crippen LogP contribution in [0.4, 0.5) is 5.82 Å². The highest BCUT2D eigenvalue weighted by Gasteiger charge is 2.29. The van der Waals surface area contributed by atoms with Gasteiger partial charge < -0.3 is 14.7 Å². The molecule has 2 aliphatic heterocycles. The summed E-state index contributed by atoms with van der Waals surface area (Å²) in [5, 5.41) is 8.04. The van der Waals surface area contributed by atoms with Crippen molar-refractivity contribution in [2.45, 2.75) is 45.8 Å². The van der Waals surface area contributed by atoms with Crippen molar-refractivity contribution < 1.29 is 4.79 Å². The fourth-order valence-electron chi connectivity index (χ4n) is 3.96. The Morgan fingerprint density at radius 3 is 2.75 bits per heavy atom. The zero-order valence-electron chi connectivity index (χ0n) is 17.1. The Balaban J connectivity index is 1.60. The summed E-state index contributed by atoms with van der Waals surface area (Å²) in [5.74, 6) is 1.05. The minimum atomic E-state index is -0.123. The van der Waals surface area contributed by atoms with Crippen LogP contribution in [-0.4, -0.2) is 80.4 Å². The van der Waals surface area contributed by atoms with Crippen LogP contribution in [-0.2, 0) is 13.1 Å². The summed E-state index contributed by atoms with van der Waals surface area (Å²) in [6.07, 6.45) is 3.67. The van der Waals surface area contributed by atoms with Gasteiger partial charge >= 0.3 is 0 Å². The average molecular weight is 384 g/mol. The number of aryl methyl sites for hydroxylation is 2. The Morgan fingerprint density at radius 2 is 2.00 bits per heavy atom. The second-order valence-electron chi connectivity index (χ2n) is 7.96. The fourth-order valence-corrected chi connectivity index (χ4v) is 3.96. The molecule has 0 spiro atoms. The molecule has 150 valence electrons. The number of hydrogen-bond acceptors (Lipinski definition) is 7. The molecule has 0 saturated carbocycles. The number of likely N-dealkylation sites (N-methyl/N-ethyl adjacent to an activating group) is 1. The second-order valence-corrected chi connectivity index (χ2v) is 7.96. The summed E-state index contributed by atoms with van der Waals surface area (Å²) in [5.41, 5.74) is 2.86. The second kappa shape index (κ2) is 7.46. The van der Waals surface area contributed by atoms with Crippen molar-refractivity contribution in [2.24, 2.45) is 0 Å². The molecule has 0 unspecified atom stereocenters. The van der Waals surface area contributed by atoms with Gasteiger partial charge in [-0.25, -0.2) is 14.6 Å². The Labute approximate surface area is 165 Å². The molecule has 28 heavy (non-hydrogen) atoms. The van der Waals surface area contributed by atoms with Crippen LogP contribution in [0.15, 0.2) is 6.20 Å². The third-order valence-electron chi connectivity index (χ3n) is 5.88. The fraction of sp³-hybridized carbons (Fsp3) is 0.632. The Morgan fingerprint density at radius 1 is 1.18 bits per heavy atom. The highest BCUT2D eigenvalue weighted by Crippen LogP contribution is 2.26. The van der Waals surface area contributed by atoms with Gasteiger partial charge in [0.2, 0.25) is 5.82 Å². The number of aromatic nitrogens is 5. The summed E-state index contributed by atoms with van der Waals surface area (Å²) >= 11 is 0. The predicted octanol–water partition coefficient (Wildman–Crippen LogP) is 0.871. The standard InChI is InChI=1S/C19H28N8O/c1-13-14(2)21-17(22-18(13)25-9-6-15(11-25)24(3)4)19(28)26-7-5-8-27-16(12-26)10-20-23-27/h10,15H,5-9,11-12H2,1-4H3/t15-/m1/s1. The van der Waals surface area contributed by atoms with E-state index < -0.39 is 0 Å². The van der Waals surface area contributed by atoms with E-state index in [0.29, 0.717) is 19.1 Å². The number of fused-ring (bicyclic) bond motifs is 1. The van der Waals surface area contributed by atoms with E-state index in [2.05, 4.69) is 39.2 Å². The zero-order chi connectivity index (χ0) is 19.8. The van der Waals surface area contributed by atoms with Gasteiger partial charge in [0, 0.05) is 43.5 Å².